The van der Waals surface area contributed by atoms with Crippen LogP contribution in [-0.2, 0) is 5.41 Å². The average molecular weight is 216 g/mol. The third-order valence-corrected chi connectivity index (χ3v) is 3.50. The quantitative estimate of drug-likeness (QED) is 0.560. The maximum absolute atomic E-state index is 9.40. The molecular weight excluding hydrogens is 200 g/mol. The summed E-state index contributed by atoms with van der Waals surface area (Å²) < 4.78 is 0. The highest BCUT2D eigenvalue weighted by molar-refractivity contribution is 5.55. The Kier molecular flexibility index (Phi) is 2.74. The third kappa shape index (κ3) is 1.71. The molecule has 1 aliphatic rings. The van der Waals surface area contributed by atoms with Crippen molar-refractivity contribution in [3.05, 3.63) is 23.8 Å². The van der Waals surface area contributed by atoms with E-state index < -0.39 is 0 Å². The first-order chi connectivity index (χ1) is 7.68. The molecule has 1 saturated carbocycles. The molecule has 0 bridgehead atoms. The summed E-state index contributed by atoms with van der Waals surface area (Å²) in [6.45, 7) is 0. The summed E-state index contributed by atoms with van der Waals surface area (Å²) in [7, 11) is 0. The summed E-state index contributed by atoms with van der Waals surface area (Å²) in [6.07, 6.45) is 5.18. The van der Waals surface area contributed by atoms with Gasteiger partial charge in [-0.15, -0.1) is 0 Å². The molecule has 84 valence electrons. The second-order valence-corrected chi connectivity index (χ2v) is 4.53. The van der Waals surface area contributed by atoms with Gasteiger partial charge in [-0.1, -0.05) is 25.3 Å². The van der Waals surface area contributed by atoms with Crippen LogP contribution >= 0.6 is 0 Å². The third-order valence-electron chi connectivity index (χ3n) is 3.50. The van der Waals surface area contributed by atoms with Crippen molar-refractivity contribution >= 4 is 5.69 Å². The number of anilines is 1. The van der Waals surface area contributed by atoms with Crippen molar-refractivity contribution in [3.8, 4) is 11.8 Å². The Morgan fingerprint density at radius 2 is 1.94 bits per heavy atom. The number of nitrogens with two attached hydrogens (primary N) is 1. The second kappa shape index (κ2) is 4.05. The number of aromatic hydroxyl groups is 1. The lowest BCUT2D eigenvalue weighted by molar-refractivity contribution is 0.365. The highest BCUT2D eigenvalue weighted by Gasteiger charge is 2.34. The number of nitrogen functional groups attached to an aromatic ring is 1. The molecule has 0 heterocycles. The maximum Gasteiger partial charge on any atom is 0.138 e. The fraction of sp³-hybridized carbons (Fsp3) is 0.462. The van der Waals surface area contributed by atoms with Gasteiger partial charge in [-0.05, 0) is 30.5 Å². The van der Waals surface area contributed by atoms with Crippen molar-refractivity contribution in [2.24, 2.45) is 0 Å². The number of nitrogens with zero attached hydrogens (tertiary/aromatic N) is 1. The van der Waals surface area contributed by atoms with Gasteiger partial charge in [0.05, 0.1) is 17.2 Å². The molecule has 0 spiro atoms. The van der Waals surface area contributed by atoms with Crippen LogP contribution in [0.15, 0.2) is 18.2 Å². The van der Waals surface area contributed by atoms with E-state index in [0.29, 0.717) is 5.69 Å². The number of nitriles is 1. The van der Waals surface area contributed by atoms with Crippen LogP contribution < -0.4 is 5.73 Å². The van der Waals surface area contributed by atoms with Crippen molar-refractivity contribution in [1.82, 2.24) is 0 Å². The van der Waals surface area contributed by atoms with Crippen molar-refractivity contribution in [1.29, 1.82) is 5.26 Å². The lowest BCUT2D eigenvalue weighted by Crippen LogP contribution is -2.27. The number of rotatable bonds is 1. The van der Waals surface area contributed by atoms with E-state index in [1.54, 1.807) is 12.1 Å². The Labute approximate surface area is 95.5 Å². The lowest BCUT2D eigenvalue weighted by Gasteiger charge is -2.31. The molecule has 0 unspecified atom stereocenters. The molecule has 2 rings (SSSR count). The zero-order valence-corrected chi connectivity index (χ0v) is 9.24. The predicted octanol–water partition coefficient (Wildman–Crippen LogP) is 2.70. The SMILES string of the molecule is N#CC1(c2ccc(O)c(N)c2)CCCCC1. The van der Waals surface area contributed by atoms with Gasteiger partial charge in [0.15, 0.2) is 0 Å². The van der Waals surface area contributed by atoms with Crippen LogP contribution in [0.3, 0.4) is 0 Å². The Balaban J connectivity index is 2.40. The highest BCUT2D eigenvalue weighted by Crippen LogP contribution is 2.40. The summed E-state index contributed by atoms with van der Waals surface area (Å²) in [5.74, 6) is 0.0904. The van der Waals surface area contributed by atoms with Crippen LogP contribution in [0.2, 0.25) is 0 Å². The average Bonchev–Trinajstić information content (AvgIpc) is 2.33. The zero-order chi connectivity index (χ0) is 11.6. The van der Waals surface area contributed by atoms with Gasteiger partial charge >= 0.3 is 0 Å². The van der Waals surface area contributed by atoms with Gasteiger partial charge in [0.1, 0.15) is 5.75 Å². The van der Waals surface area contributed by atoms with E-state index in [4.69, 9.17) is 5.73 Å². The first-order valence-corrected chi connectivity index (χ1v) is 5.68. The summed E-state index contributed by atoms with van der Waals surface area (Å²) in [5, 5.41) is 18.8. The summed E-state index contributed by atoms with van der Waals surface area (Å²) in [5.41, 5.74) is 6.60. The van der Waals surface area contributed by atoms with E-state index in [1.165, 1.54) is 6.42 Å². The van der Waals surface area contributed by atoms with Crippen LogP contribution in [-0.4, -0.2) is 5.11 Å². The van der Waals surface area contributed by atoms with Crippen molar-refractivity contribution in [2.45, 2.75) is 37.5 Å². The van der Waals surface area contributed by atoms with Crippen LogP contribution in [0.1, 0.15) is 37.7 Å². The van der Waals surface area contributed by atoms with Gasteiger partial charge in [0.2, 0.25) is 0 Å². The minimum Gasteiger partial charge on any atom is -0.506 e. The van der Waals surface area contributed by atoms with E-state index in [-0.39, 0.29) is 11.2 Å². The summed E-state index contributed by atoms with van der Waals surface area (Å²) in [6, 6.07) is 7.58. The Morgan fingerprint density at radius 1 is 1.25 bits per heavy atom. The van der Waals surface area contributed by atoms with Crippen LogP contribution in [0.5, 0.6) is 5.75 Å². The molecule has 0 aromatic heterocycles. The number of hydrogen-bond donors (Lipinski definition) is 2. The largest absolute Gasteiger partial charge is 0.506 e. The monoisotopic (exact) mass is 216 g/mol. The van der Waals surface area contributed by atoms with E-state index in [9.17, 15) is 10.4 Å². The minimum absolute atomic E-state index is 0.0904. The van der Waals surface area contributed by atoms with E-state index in [1.807, 2.05) is 6.07 Å². The standard InChI is InChI=1S/C13H16N2O/c14-9-13(6-2-1-3-7-13)10-4-5-12(16)11(15)8-10/h4-5,8,16H,1-3,6-7,15H2. The number of phenolic OH excluding ortho intramolecular Hbond substituents is 1. The number of phenols is 1. The predicted molar refractivity (Wildman–Crippen MR) is 62.9 cm³/mol. The van der Waals surface area contributed by atoms with Crippen LogP contribution in [0, 0.1) is 11.3 Å². The van der Waals surface area contributed by atoms with Crippen LogP contribution in [0.25, 0.3) is 0 Å². The van der Waals surface area contributed by atoms with E-state index in [2.05, 4.69) is 6.07 Å². The Morgan fingerprint density at radius 3 is 2.50 bits per heavy atom. The maximum atomic E-state index is 9.40. The first kappa shape index (κ1) is 10.8. The van der Waals surface area contributed by atoms with Crippen molar-refractivity contribution < 1.29 is 5.11 Å². The fourth-order valence-corrected chi connectivity index (χ4v) is 2.47. The Hall–Kier alpha value is -1.69. The Bertz CT molecular complexity index is 428. The molecule has 16 heavy (non-hydrogen) atoms. The van der Waals surface area contributed by atoms with Crippen molar-refractivity contribution in [2.75, 3.05) is 5.73 Å². The van der Waals surface area contributed by atoms with Gasteiger partial charge in [-0.3, -0.25) is 0 Å². The van der Waals surface area contributed by atoms with Gasteiger partial charge in [-0.2, -0.15) is 5.26 Å². The molecule has 0 radical (unpaired) electrons. The summed E-state index contributed by atoms with van der Waals surface area (Å²) >= 11 is 0. The molecule has 3 nitrogen and oxygen atoms in total. The van der Waals surface area contributed by atoms with Gasteiger partial charge in [0, 0.05) is 0 Å². The van der Waals surface area contributed by atoms with Gasteiger partial charge < -0.3 is 10.8 Å². The molecule has 0 atom stereocenters. The van der Waals surface area contributed by atoms with Crippen LogP contribution in [0.4, 0.5) is 5.69 Å². The summed E-state index contributed by atoms with van der Waals surface area (Å²) in [4.78, 5) is 0. The second-order valence-electron chi connectivity index (χ2n) is 4.53. The molecule has 0 amide bonds. The molecule has 1 aliphatic carbocycles. The first-order valence-electron chi connectivity index (χ1n) is 5.68. The van der Waals surface area contributed by atoms with Gasteiger partial charge in [-0.25, -0.2) is 0 Å². The molecule has 3 heteroatoms. The molecule has 1 aromatic carbocycles. The molecule has 3 N–H and O–H groups in total. The lowest BCUT2D eigenvalue weighted by atomic mass is 9.70. The highest BCUT2D eigenvalue weighted by atomic mass is 16.3. The molecule has 0 aliphatic heterocycles. The molecule has 1 aromatic rings. The molecular formula is C13H16N2O. The normalized spacial score (nSPS) is 18.9. The molecule has 1 fully saturated rings. The van der Waals surface area contributed by atoms with Crippen molar-refractivity contribution in [3.63, 3.8) is 0 Å². The van der Waals surface area contributed by atoms with Gasteiger partial charge in [0.25, 0.3) is 0 Å². The number of hydrogen-bond acceptors (Lipinski definition) is 3. The van der Waals surface area contributed by atoms with E-state index >= 15 is 0 Å². The smallest absolute Gasteiger partial charge is 0.138 e. The van der Waals surface area contributed by atoms with E-state index in [0.717, 1.165) is 31.2 Å². The topological polar surface area (TPSA) is 70.0 Å². The fourth-order valence-electron chi connectivity index (χ4n) is 2.47. The number of benzene rings is 1. The minimum atomic E-state index is -0.389. The molecule has 0 saturated heterocycles. The zero-order valence-electron chi connectivity index (χ0n) is 9.24.